The van der Waals surface area contributed by atoms with Crippen molar-refractivity contribution in [1.29, 1.82) is 0 Å². The molecule has 1 spiro atoms. The largest absolute Gasteiger partial charge is 0.342 e. The van der Waals surface area contributed by atoms with Gasteiger partial charge in [0.1, 0.15) is 4.87 Å². The lowest BCUT2D eigenvalue weighted by atomic mass is 9.85. The minimum absolute atomic E-state index is 0. The number of hydrogen-bond acceptors (Lipinski definition) is 4. The molecule has 40 heavy (non-hydrogen) atoms. The monoisotopic (exact) mass is 562 g/mol. The summed E-state index contributed by atoms with van der Waals surface area (Å²) in [5.74, 6) is 0.159. The summed E-state index contributed by atoms with van der Waals surface area (Å²) in [7, 11) is 0. The Morgan fingerprint density at radius 3 is 2.58 bits per heavy atom. The first-order valence-electron chi connectivity index (χ1n) is 14.7. The number of aromatic amines is 1. The van der Waals surface area contributed by atoms with Crippen LogP contribution >= 0.6 is 11.8 Å². The Hall–Kier alpha value is -3.00. The molecule has 2 fully saturated rings. The van der Waals surface area contributed by atoms with Crippen LogP contribution in [-0.4, -0.2) is 56.0 Å². The van der Waals surface area contributed by atoms with E-state index in [1.165, 1.54) is 11.1 Å². The Kier molecular flexibility index (Phi) is 7.09. The van der Waals surface area contributed by atoms with Gasteiger partial charge in [-0.25, -0.2) is 4.79 Å². The second-order valence-electron chi connectivity index (χ2n) is 12.8. The number of amides is 2. The van der Waals surface area contributed by atoms with E-state index in [-0.39, 0.29) is 46.9 Å². The number of carbonyl (C=O) groups is 2. The van der Waals surface area contributed by atoms with Crippen molar-refractivity contribution in [2.75, 3.05) is 19.6 Å². The number of para-hydroxylation sites is 2. The van der Waals surface area contributed by atoms with E-state index in [9.17, 15) is 14.4 Å². The molecule has 1 aliphatic carbocycles. The fraction of sp³-hybridized carbons (Fsp3) is 0.531. The van der Waals surface area contributed by atoms with Gasteiger partial charge in [-0.05, 0) is 67.2 Å². The highest BCUT2D eigenvalue weighted by Crippen LogP contribution is 2.56. The summed E-state index contributed by atoms with van der Waals surface area (Å²) in [5, 5.41) is -0.368. The van der Waals surface area contributed by atoms with E-state index in [1.807, 2.05) is 33.7 Å². The molecule has 2 unspecified atom stereocenters. The zero-order valence-electron chi connectivity index (χ0n) is 23.8. The average Bonchev–Trinajstić information content (AvgIpc) is 3.40. The van der Waals surface area contributed by atoms with Crippen LogP contribution < -0.4 is 5.69 Å². The van der Waals surface area contributed by atoms with Gasteiger partial charge in [0.25, 0.3) is 0 Å². The minimum Gasteiger partial charge on any atom is -0.342 e. The Morgan fingerprint density at radius 2 is 1.80 bits per heavy atom. The predicted octanol–water partition coefficient (Wildman–Crippen LogP) is 5.70. The molecular formula is C32H42N4O3S. The zero-order valence-corrected chi connectivity index (χ0v) is 24.6. The molecule has 3 aromatic rings. The first kappa shape index (κ1) is 27.2. The van der Waals surface area contributed by atoms with Gasteiger partial charge in [-0.15, -0.1) is 11.8 Å². The number of aryl methyl sites for hydroxylation is 1. The molecule has 3 aliphatic rings. The summed E-state index contributed by atoms with van der Waals surface area (Å²) in [6, 6.07) is 16.4. The molecule has 7 nitrogen and oxygen atoms in total. The van der Waals surface area contributed by atoms with Crippen LogP contribution in [0.2, 0.25) is 0 Å². The standard InChI is InChI=1S/C32H40N4O3S.H2/c1-31(2,3)17-20-35-29(38)27(40-32(35)16-8-10-22-9-4-5-11-24(22)32)21-28(37)34-18-14-23(15-19-34)36-26-13-7-6-12-25(26)33-30(36)39;/h4-7,9,11-13,23,27H,8,10,14-21H2,1-3H3,(H,33,39);1H. The van der Waals surface area contributed by atoms with Gasteiger partial charge in [-0.2, -0.15) is 0 Å². The van der Waals surface area contributed by atoms with Crippen molar-refractivity contribution in [3.8, 4) is 0 Å². The minimum atomic E-state index is -0.383. The summed E-state index contributed by atoms with van der Waals surface area (Å²) >= 11 is 1.72. The molecule has 0 bridgehead atoms. The molecule has 1 aromatic heterocycles. The Morgan fingerprint density at radius 1 is 1.07 bits per heavy atom. The number of nitrogens with one attached hydrogen (secondary N) is 1. The quantitative estimate of drug-likeness (QED) is 0.433. The van der Waals surface area contributed by atoms with Crippen molar-refractivity contribution in [2.24, 2.45) is 5.41 Å². The van der Waals surface area contributed by atoms with Gasteiger partial charge in [0.2, 0.25) is 11.8 Å². The fourth-order valence-corrected chi connectivity index (χ4v) is 8.66. The number of nitrogens with zero attached hydrogens (tertiary/aromatic N) is 3. The third-order valence-electron chi connectivity index (χ3n) is 8.97. The molecule has 2 aromatic carbocycles. The molecule has 2 amide bonds. The number of hydrogen-bond donors (Lipinski definition) is 1. The summed E-state index contributed by atoms with van der Waals surface area (Å²) in [6.45, 7) is 8.57. The van der Waals surface area contributed by atoms with Gasteiger partial charge in [-0.3, -0.25) is 14.2 Å². The lowest BCUT2D eigenvalue weighted by molar-refractivity contribution is -0.138. The molecular weight excluding hydrogens is 520 g/mol. The van der Waals surface area contributed by atoms with E-state index in [0.29, 0.717) is 19.6 Å². The van der Waals surface area contributed by atoms with Gasteiger partial charge in [-0.1, -0.05) is 57.2 Å². The van der Waals surface area contributed by atoms with Crippen LogP contribution in [0.4, 0.5) is 0 Å². The van der Waals surface area contributed by atoms with E-state index in [2.05, 4.69) is 54.9 Å². The van der Waals surface area contributed by atoms with Crippen LogP contribution in [0.25, 0.3) is 11.0 Å². The summed E-state index contributed by atoms with van der Waals surface area (Å²) in [5.41, 5.74) is 4.37. The second kappa shape index (κ2) is 10.4. The molecule has 2 atom stereocenters. The van der Waals surface area contributed by atoms with Crippen molar-refractivity contribution in [1.82, 2.24) is 19.4 Å². The Labute approximate surface area is 241 Å². The fourth-order valence-electron chi connectivity index (χ4n) is 6.84. The molecule has 2 aliphatic heterocycles. The van der Waals surface area contributed by atoms with E-state index in [0.717, 1.165) is 49.6 Å². The lowest BCUT2D eigenvalue weighted by Crippen LogP contribution is -2.46. The Balaban J connectivity index is 0.00000337. The number of fused-ring (bicyclic) bond motifs is 3. The molecule has 1 N–H and O–H groups in total. The van der Waals surface area contributed by atoms with Crippen molar-refractivity contribution in [3.05, 3.63) is 70.1 Å². The van der Waals surface area contributed by atoms with E-state index < -0.39 is 0 Å². The van der Waals surface area contributed by atoms with Crippen LogP contribution in [0.1, 0.15) is 77.9 Å². The average molecular weight is 563 g/mol. The van der Waals surface area contributed by atoms with Gasteiger partial charge in [0.15, 0.2) is 0 Å². The normalized spacial score (nSPS) is 23.8. The van der Waals surface area contributed by atoms with Crippen LogP contribution in [-0.2, 0) is 20.9 Å². The topological polar surface area (TPSA) is 78.4 Å². The Bertz CT molecular complexity index is 1490. The smallest absolute Gasteiger partial charge is 0.326 e. The van der Waals surface area contributed by atoms with Crippen molar-refractivity contribution >= 4 is 34.6 Å². The second-order valence-corrected chi connectivity index (χ2v) is 14.3. The predicted molar refractivity (Wildman–Crippen MR) is 162 cm³/mol. The zero-order chi connectivity index (χ0) is 28.1. The van der Waals surface area contributed by atoms with Crippen molar-refractivity contribution < 1.29 is 11.0 Å². The number of likely N-dealkylation sites (tertiary alicyclic amines) is 1. The van der Waals surface area contributed by atoms with Crippen molar-refractivity contribution in [3.63, 3.8) is 0 Å². The highest BCUT2D eigenvalue weighted by molar-refractivity contribution is 8.02. The van der Waals surface area contributed by atoms with Gasteiger partial charge < -0.3 is 14.8 Å². The number of benzene rings is 2. The first-order valence-corrected chi connectivity index (χ1v) is 15.6. The lowest BCUT2D eigenvalue weighted by Gasteiger charge is -2.43. The van der Waals surface area contributed by atoms with E-state index in [1.54, 1.807) is 11.8 Å². The molecule has 6 rings (SSSR count). The maximum Gasteiger partial charge on any atom is 0.326 e. The molecule has 8 heteroatoms. The van der Waals surface area contributed by atoms with Crippen molar-refractivity contribution in [2.45, 2.75) is 81.9 Å². The summed E-state index contributed by atoms with van der Waals surface area (Å²) < 4.78 is 1.85. The number of imidazole rings is 1. The molecule has 0 saturated carbocycles. The number of aromatic nitrogens is 2. The van der Waals surface area contributed by atoms with E-state index >= 15 is 0 Å². The van der Waals surface area contributed by atoms with Crippen LogP contribution in [0, 0.1) is 5.41 Å². The molecule has 3 heterocycles. The molecule has 0 radical (unpaired) electrons. The number of rotatable bonds is 5. The number of thioether (sulfide) groups is 1. The summed E-state index contributed by atoms with van der Waals surface area (Å²) in [4.78, 5) is 46.8. The van der Waals surface area contributed by atoms with E-state index in [4.69, 9.17) is 0 Å². The highest BCUT2D eigenvalue weighted by Gasteiger charge is 2.54. The third kappa shape index (κ3) is 4.89. The number of piperidine rings is 1. The number of H-pyrrole nitrogens is 1. The van der Waals surface area contributed by atoms with Crippen LogP contribution in [0.15, 0.2) is 53.3 Å². The van der Waals surface area contributed by atoms with Crippen LogP contribution in [0.5, 0.6) is 0 Å². The van der Waals surface area contributed by atoms with Gasteiger partial charge in [0.05, 0.1) is 16.3 Å². The van der Waals surface area contributed by atoms with Gasteiger partial charge in [0, 0.05) is 33.5 Å². The molecule has 214 valence electrons. The molecule has 2 saturated heterocycles. The SMILES string of the molecule is CC(C)(C)CCN1C(=O)C(CC(=O)N2CCC(n3c(=O)[nH]c4ccccc43)CC2)SC12CCCc1ccccc12.[HH]. The highest BCUT2D eigenvalue weighted by atomic mass is 32.2. The third-order valence-corrected chi connectivity index (χ3v) is 10.7. The maximum atomic E-state index is 14.0. The van der Waals surface area contributed by atoms with Gasteiger partial charge >= 0.3 is 5.69 Å². The maximum absolute atomic E-state index is 14.0. The van der Waals surface area contributed by atoms with Crippen LogP contribution in [0.3, 0.4) is 0 Å². The first-order chi connectivity index (χ1) is 19.2. The number of carbonyl (C=O) groups excluding carboxylic acids is 2. The summed E-state index contributed by atoms with van der Waals surface area (Å²) in [6.07, 6.45) is 5.63.